The monoisotopic (exact) mass is 309 g/mol. The van der Waals surface area contributed by atoms with Gasteiger partial charge in [-0.05, 0) is 28.4 Å². The van der Waals surface area contributed by atoms with E-state index in [1.165, 1.54) is 16.5 Å². The summed E-state index contributed by atoms with van der Waals surface area (Å²) in [5.74, 6) is 0. The molecule has 1 heterocycles. The number of allylic oxidation sites excluding steroid dienone is 1. The van der Waals surface area contributed by atoms with Crippen molar-refractivity contribution in [3.05, 3.63) is 52.4 Å². The lowest BCUT2D eigenvalue weighted by atomic mass is 10.1. The summed E-state index contributed by atoms with van der Waals surface area (Å²) in [6.07, 6.45) is 6.14. The Bertz CT molecular complexity index is 471. The van der Waals surface area contributed by atoms with Gasteiger partial charge in [-0.25, -0.2) is 0 Å². The zero-order valence-electron chi connectivity index (χ0n) is 8.36. The molecule has 0 atom stereocenters. The number of fused-ring (bicyclic) bond motifs is 1. The second-order valence-electron chi connectivity index (χ2n) is 3.38. The summed E-state index contributed by atoms with van der Waals surface area (Å²) in [6, 6.07) is 10.5. The number of hydrogen-bond acceptors (Lipinski definition) is 1. The number of halogens is 1. The molecule has 0 radical (unpaired) electrons. The van der Waals surface area contributed by atoms with Gasteiger partial charge in [0.25, 0.3) is 0 Å². The Morgan fingerprint density at radius 2 is 2.07 bits per heavy atom. The van der Waals surface area contributed by atoms with E-state index >= 15 is 0 Å². The maximum Gasteiger partial charge on any atom is 0.0484 e. The van der Waals surface area contributed by atoms with Crippen LogP contribution >= 0.6 is 22.6 Å². The molecule has 1 nitrogen and oxygen atoms in total. The molecule has 0 unspecified atom stereocenters. The Kier molecular flexibility index (Phi) is 3.72. The summed E-state index contributed by atoms with van der Waals surface area (Å²) in [4.78, 5) is 4.44. The predicted octanol–water partition coefficient (Wildman–Crippen LogP) is 4.12. The van der Waals surface area contributed by atoms with E-state index in [0.717, 1.165) is 12.8 Å². The molecule has 1 aromatic carbocycles. The zero-order chi connectivity index (χ0) is 10.5. The first-order valence-corrected chi connectivity index (χ1v) is 6.24. The first-order valence-electron chi connectivity index (χ1n) is 4.99. The van der Waals surface area contributed by atoms with Crippen molar-refractivity contribution < 1.29 is 0 Å². The molecule has 2 rings (SSSR count). The summed E-state index contributed by atoms with van der Waals surface area (Å²) in [5, 5.41) is 2.56. The van der Waals surface area contributed by atoms with E-state index in [2.05, 4.69) is 68.1 Å². The van der Waals surface area contributed by atoms with E-state index < -0.39 is 0 Å². The van der Waals surface area contributed by atoms with Crippen molar-refractivity contribution in [2.45, 2.75) is 12.8 Å². The first kappa shape index (κ1) is 10.6. The lowest BCUT2D eigenvalue weighted by Gasteiger charge is -2.03. The van der Waals surface area contributed by atoms with Crippen LogP contribution in [-0.2, 0) is 6.42 Å². The van der Waals surface area contributed by atoms with E-state index in [-0.39, 0.29) is 0 Å². The molecular formula is C13H12IN. The van der Waals surface area contributed by atoms with Crippen LogP contribution in [0, 0.1) is 0 Å². The maximum absolute atomic E-state index is 4.44. The number of hydrogen-bond donors (Lipinski definition) is 0. The van der Waals surface area contributed by atoms with E-state index in [1.54, 1.807) is 0 Å². The normalized spacial score (nSPS) is 11.3. The average Bonchev–Trinajstić information content (AvgIpc) is 2.30. The van der Waals surface area contributed by atoms with Crippen molar-refractivity contribution in [3.63, 3.8) is 0 Å². The Hall–Kier alpha value is -0.900. The molecule has 0 spiro atoms. The fourth-order valence-corrected chi connectivity index (χ4v) is 2.02. The molecule has 0 bridgehead atoms. The molecule has 15 heavy (non-hydrogen) atoms. The molecule has 0 aliphatic rings. The standard InChI is InChI=1S/C13H12IN/c14-9-4-3-7-13-12-6-2-1-5-11(12)8-10-15-13/h1-2,4-6,8-10H,3,7H2. The number of rotatable bonds is 3. The molecule has 0 N–H and O–H groups in total. The smallest absolute Gasteiger partial charge is 0.0484 e. The highest BCUT2D eigenvalue weighted by Crippen LogP contribution is 2.17. The van der Waals surface area contributed by atoms with Gasteiger partial charge in [-0.15, -0.1) is 0 Å². The molecule has 0 amide bonds. The largest absolute Gasteiger partial charge is 0.261 e. The zero-order valence-corrected chi connectivity index (χ0v) is 10.5. The van der Waals surface area contributed by atoms with Crippen molar-refractivity contribution in [3.8, 4) is 0 Å². The van der Waals surface area contributed by atoms with Crippen LogP contribution in [0.1, 0.15) is 12.1 Å². The summed E-state index contributed by atoms with van der Waals surface area (Å²) in [7, 11) is 0. The minimum atomic E-state index is 1.01. The Balaban J connectivity index is 2.34. The van der Waals surface area contributed by atoms with Gasteiger partial charge in [-0.3, -0.25) is 4.98 Å². The number of benzene rings is 1. The van der Waals surface area contributed by atoms with Crippen molar-refractivity contribution in [2.24, 2.45) is 0 Å². The van der Waals surface area contributed by atoms with E-state index in [1.807, 2.05) is 6.20 Å². The van der Waals surface area contributed by atoms with Gasteiger partial charge in [0.15, 0.2) is 0 Å². The summed E-state index contributed by atoms with van der Waals surface area (Å²) >= 11 is 2.25. The highest BCUT2D eigenvalue weighted by atomic mass is 127. The Labute approximate surface area is 103 Å². The van der Waals surface area contributed by atoms with Crippen LogP contribution in [-0.4, -0.2) is 4.98 Å². The molecule has 2 heteroatoms. The van der Waals surface area contributed by atoms with Crippen LogP contribution in [0.15, 0.2) is 46.7 Å². The van der Waals surface area contributed by atoms with Crippen LogP contribution in [0.25, 0.3) is 10.8 Å². The lowest BCUT2D eigenvalue weighted by Crippen LogP contribution is -1.90. The Morgan fingerprint density at radius 1 is 1.20 bits per heavy atom. The minimum Gasteiger partial charge on any atom is -0.261 e. The molecule has 0 aliphatic carbocycles. The molecule has 1 aromatic heterocycles. The molecule has 0 saturated carbocycles. The number of pyridine rings is 1. The van der Waals surface area contributed by atoms with E-state index in [4.69, 9.17) is 0 Å². The molecule has 0 saturated heterocycles. The van der Waals surface area contributed by atoms with Crippen LogP contribution in [0.5, 0.6) is 0 Å². The number of nitrogens with zero attached hydrogens (tertiary/aromatic N) is 1. The quantitative estimate of drug-likeness (QED) is 0.777. The highest BCUT2D eigenvalue weighted by molar-refractivity contribution is 14.1. The maximum atomic E-state index is 4.44. The molecule has 2 aromatic rings. The van der Waals surface area contributed by atoms with Gasteiger partial charge in [0, 0.05) is 17.3 Å². The average molecular weight is 309 g/mol. The molecule has 76 valence electrons. The van der Waals surface area contributed by atoms with Crippen LogP contribution < -0.4 is 0 Å². The van der Waals surface area contributed by atoms with Crippen LogP contribution in [0.2, 0.25) is 0 Å². The highest BCUT2D eigenvalue weighted by Gasteiger charge is 1.99. The lowest BCUT2D eigenvalue weighted by molar-refractivity contribution is 0.960. The number of aromatic nitrogens is 1. The van der Waals surface area contributed by atoms with E-state index in [0.29, 0.717) is 0 Å². The van der Waals surface area contributed by atoms with Gasteiger partial charge in [0.05, 0.1) is 0 Å². The summed E-state index contributed by atoms with van der Waals surface area (Å²) < 4.78 is 2.06. The second-order valence-corrected chi connectivity index (χ2v) is 4.10. The number of aryl methyl sites for hydroxylation is 1. The van der Waals surface area contributed by atoms with E-state index in [9.17, 15) is 0 Å². The van der Waals surface area contributed by atoms with Gasteiger partial charge in [0.2, 0.25) is 0 Å². The van der Waals surface area contributed by atoms with Gasteiger partial charge in [-0.1, -0.05) is 52.9 Å². The van der Waals surface area contributed by atoms with Crippen molar-refractivity contribution in [2.75, 3.05) is 0 Å². The fourth-order valence-electron chi connectivity index (χ4n) is 1.66. The van der Waals surface area contributed by atoms with Crippen molar-refractivity contribution in [1.29, 1.82) is 0 Å². The molecule has 0 fully saturated rings. The predicted molar refractivity (Wildman–Crippen MR) is 73.2 cm³/mol. The molecular weight excluding hydrogens is 297 g/mol. The molecule has 0 aliphatic heterocycles. The van der Waals surface area contributed by atoms with Crippen LogP contribution in [0.4, 0.5) is 0 Å². The SMILES string of the molecule is IC=CCCc1nccc2ccccc12. The van der Waals surface area contributed by atoms with Crippen molar-refractivity contribution >= 4 is 33.4 Å². The second kappa shape index (κ2) is 5.26. The minimum absolute atomic E-state index is 1.01. The summed E-state index contributed by atoms with van der Waals surface area (Å²) in [6.45, 7) is 0. The van der Waals surface area contributed by atoms with Gasteiger partial charge < -0.3 is 0 Å². The van der Waals surface area contributed by atoms with Gasteiger partial charge >= 0.3 is 0 Å². The third kappa shape index (κ3) is 2.56. The third-order valence-corrected chi connectivity index (χ3v) is 2.90. The van der Waals surface area contributed by atoms with Gasteiger partial charge in [-0.2, -0.15) is 0 Å². The topological polar surface area (TPSA) is 12.9 Å². The van der Waals surface area contributed by atoms with Gasteiger partial charge in [0.1, 0.15) is 0 Å². The Morgan fingerprint density at radius 3 is 2.93 bits per heavy atom. The first-order chi connectivity index (χ1) is 7.42. The fraction of sp³-hybridized carbons (Fsp3) is 0.154. The van der Waals surface area contributed by atoms with Crippen molar-refractivity contribution in [1.82, 2.24) is 4.98 Å². The third-order valence-electron chi connectivity index (χ3n) is 2.39. The van der Waals surface area contributed by atoms with Crippen LogP contribution in [0.3, 0.4) is 0 Å². The summed E-state index contributed by atoms with van der Waals surface area (Å²) in [5.41, 5.74) is 1.20.